The van der Waals surface area contributed by atoms with Crippen molar-refractivity contribution in [2.24, 2.45) is 16.7 Å². The first-order valence-corrected chi connectivity index (χ1v) is 12.3. The third kappa shape index (κ3) is 3.87. The number of rotatable bonds is 7. The Morgan fingerprint density at radius 2 is 1.90 bits per heavy atom. The average molecular weight is 446 g/mol. The minimum absolute atomic E-state index is 0.275. The van der Waals surface area contributed by atoms with Crippen molar-refractivity contribution < 1.29 is 9.47 Å². The zero-order valence-corrected chi connectivity index (χ0v) is 19.8. The standard InChI is InChI=1S/C25H32ClNO2S/c1-23-9-18-10-24(2,14-23)16-25(11-18,15-23)27-12-17-7-20(26)22(21(8-17)28-3)29-13-19-5-4-6-30-19/h4-8,18,27H,9-16H2,1-3H3/t18?,23-,24+,25?. The lowest BCUT2D eigenvalue weighted by Crippen LogP contribution is -2.63. The summed E-state index contributed by atoms with van der Waals surface area (Å²) in [6.07, 6.45) is 8.17. The van der Waals surface area contributed by atoms with Gasteiger partial charge in [0.05, 0.1) is 12.1 Å². The minimum Gasteiger partial charge on any atom is -0.493 e. The lowest BCUT2D eigenvalue weighted by Gasteiger charge is -2.65. The van der Waals surface area contributed by atoms with Crippen molar-refractivity contribution >= 4 is 22.9 Å². The van der Waals surface area contributed by atoms with Crippen molar-refractivity contribution in [3.63, 3.8) is 0 Å². The Balaban J connectivity index is 1.31. The molecular weight excluding hydrogens is 414 g/mol. The molecule has 3 nitrogen and oxygen atoms in total. The molecule has 4 bridgehead atoms. The Morgan fingerprint density at radius 1 is 1.13 bits per heavy atom. The molecule has 0 spiro atoms. The van der Waals surface area contributed by atoms with E-state index in [0.29, 0.717) is 34.0 Å². The number of halogens is 1. The van der Waals surface area contributed by atoms with Crippen LogP contribution in [0.2, 0.25) is 5.02 Å². The lowest BCUT2D eigenvalue weighted by molar-refractivity contribution is -0.118. The summed E-state index contributed by atoms with van der Waals surface area (Å²) in [5.74, 6) is 2.22. The van der Waals surface area contributed by atoms with Crippen LogP contribution in [0.3, 0.4) is 0 Å². The van der Waals surface area contributed by atoms with Crippen LogP contribution in [0.25, 0.3) is 0 Å². The summed E-state index contributed by atoms with van der Waals surface area (Å²) in [6.45, 7) is 6.37. The highest BCUT2D eigenvalue weighted by Gasteiger charge is 2.59. The van der Waals surface area contributed by atoms with Gasteiger partial charge in [-0.1, -0.05) is 31.5 Å². The summed E-state index contributed by atoms with van der Waals surface area (Å²) in [6, 6.07) is 8.20. The molecule has 6 rings (SSSR count). The van der Waals surface area contributed by atoms with Gasteiger partial charge in [0.1, 0.15) is 6.61 Å². The maximum atomic E-state index is 6.62. The van der Waals surface area contributed by atoms with Gasteiger partial charge in [-0.3, -0.25) is 0 Å². The fraction of sp³-hybridized carbons (Fsp3) is 0.600. The summed E-state index contributed by atoms with van der Waals surface area (Å²) in [5.41, 5.74) is 2.45. The molecule has 0 aliphatic heterocycles. The summed E-state index contributed by atoms with van der Waals surface area (Å²) in [5, 5.41) is 6.66. The van der Waals surface area contributed by atoms with Crippen molar-refractivity contribution in [3.05, 3.63) is 45.1 Å². The van der Waals surface area contributed by atoms with Crippen molar-refractivity contribution in [3.8, 4) is 11.5 Å². The molecule has 0 radical (unpaired) electrons. The van der Waals surface area contributed by atoms with Crippen molar-refractivity contribution in [2.45, 2.75) is 71.1 Å². The second-order valence-corrected chi connectivity index (χ2v) is 12.2. The van der Waals surface area contributed by atoms with E-state index in [1.807, 2.05) is 12.1 Å². The maximum Gasteiger partial charge on any atom is 0.180 e. The molecule has 2 aromatic rings. The number of benzene rings is 1. The number of hydrogen-bond donors (Lipinski definition) is 1. The predicted molar refractivity (Wildman–Crippen MR) is 124 cm³/mol. The van der Waals surface area contributed by atoms with Gasteiger partial charge < -0.3 is 14.8 Å². The number of nitrogens with one attached hydrogen (secondary N) is 1. The van der Waals surface area contributed by atoms with E-state index < -0.39 is 0 Å². The van der Waals surface area contributed by atoms with E-state index in [-0.39, 0.29) is 5.54 Å². The molecule has 4 aliphatic rings. The second-order valence-electron chi connectivity index (χ2n) is 10.7. The molecule has 0 amide bonds. The van der Waals surface area contributed by atoms with E-state index >= 15 is 0 Å². The third-order valence-electron chi connectivity index (χ3n) is 7.52. The Bertz CT molecular complexity index is 909. The van der Waals surface area contributed by atoms with E-state index in [0.717, 1.165) is 18.0 Å². The van der Waals surface area contributed by atoms with Gasteiger partial charge in [0.15, 0.2) is 11.5 Å². The lowest BCUT2D eigenvalue weighted by atomic mass is 9.43. The zero-order chi connectivity index (χ0) is 21.0. The molecule has 2 unspecified atom stereocenters. The molecule has 1 aromatic carbocycles. The number of hydrogen-bond acceptors (Lipinski definition) is 4. The molecule has 30 heavy (non-hydrogen) atoms. The van der Waals surface area contributed by atoms with Crippen LogP contribution in [0.4, 0.5) is 0 Å². The molecule has 1 N–H and O–H groups in total. The van der Waals surface area contributed by atoms with E-state index in [9.17, 15) is 0 Å². The first kappa shape index (κ1) is 20.7. The topological polar surface area (TPSA) is 30.5 Å². The van der Waals surface area contributed by atoms with E-state index in [1.165, 1.54) is 43.4 Å². The van der Waals surface area contributed by atoms with Gasteiger partial charge in [0.25, 0.3) is 0 Å². The average Bonchev–Trinajstić information content (AvgIpc) is 3.16. The maximum absolute atomic E-state index is 6.62. The summed E-state index contributed by atoms with van der Waals surface area (Å²) in [7, 11) is 1.68. The second kappa shape index (κ2) is 7.43. The van der Waals surface area contributed by atoms with Gasteiger partial charge in [0.2, 0.25) is 0 Å². The first-order chi connectivity index (χ1) is 14.3. The van der Waals surface area contributed by atoms with Crippen LogP contribution >= 0.6 is 22.9 Å². The molecule has 4 saturated carbocycles. The Kier molecular flexibility index (Phi) is 5.11. The predicted octanol–water partition coefficient (Wildman–Crippen LogP) is 6.83. The van der Waals surface area contributed by atoms with Crippen molar-refractivity contribution in [1.29, 1.82) is 0 Å². The summed E-state index contributed by atoms with van der Waals surface area (Å²) < 4.78 is 11.6. The minimum atomic E-state index is 0.275. The molecule has 5 heteroatoms. The van der Waals surface area contributed by atoms with Gasteiger partial charge in [0, 0.05) is 17.0 Å². The van der Waals surface area contributed by atoms with Crippen molar-refractivity contribution in [2.75, 3.05) is 7.11 Å². The van der Waals surface area contributed by atoms with Gasteiger partial charge >= 0.3 is 0 Å². The summed E-state index contributed by atoms with van der Waals surface area (Å²) in [4.78, 5) is 1.17. The smallest absolute Gasteiger partial charge is 0.180 e. The Labute approximate surface area is 189 Å². The van der Waals surface area contributed by atoms with Gasteiger partial charge in [-0.2, -0.15) is 0 Å². The highest BCUT2D eigenvalue weighted by Crippen LogP contribution is 2.66. The molecular formula is C25H32ClNO2S. The van der Waals surface area contributed by atoms with E-state index in [1.54, 1.807) is 18.4 Å². The van der Waals surface area contributed by atoms with Gasteiger partial charge in [-0.05, 0) is 84.4 Å². The SMILES string of the molecule is COc1cc(CNC23CC4C[C@@](C)(C2)C[C@](C)(C4)C3)cc(Cl)c1OCc1cccs1. The molecule has 0 saturated heterocycles. The normalized spacial score (nSPS) is 34.3. The van der Waals surface area contributed by atoms with Crippen LogP contribution in [-0.2, 0) is 13.2 Å². The van der Waals surface area contributed by atoms with Crippen LogP contribution in [-0.4, -0.2) is 12.6 Å². The Hall–Kier alpha value is -1.23. The molecule has 4 aliphatic carbocycles. The number of methoxy groups -OCH3 is 1. The monoisotopic (exact) mass is 445 g/mol. The number of ether oxygens (including phenoxy) is 2. The van der Waals surface area contributed by atoms with E-state index in [2.05, 4.69) is 36.7 Å². The van der Waals surface area contributed by atoms with E-state index in [4.69, 9.17) is 21.1 Å². The molecule has 4 atom stereocenters. The number of thiophene rings is 1. The third-order valence-corrected chi connectivity index (χ3v) is 8.65. The zero-order valence-electron chi connectivity index (χ0n) is 18.2. The fourth-order valence-electron chi connectivity index (χ4n) is 7.49. The highest BCUT2D eigenvalue weighted by molar-refractivity contribution is 7.09. The molecule has 162 valence electrons. The largest absolute Gasteiger partial charge is 0.493 e. The summed E-state index contributed by atoms with van der Waals surface area (Å²) >= 11 is 8.30. The quantitative estimate of drug-likeness (QED) is 0.506. The Morgan fingerprint density at radius 3 is 2.53 bits per heavy atom. The highest BCUT2D eigenvalue weighted by atomic mass is 35.5. The molecule has 1 heterocycles. The van der Waals surface area contributed by atoms with Crippen molar-refractivity contribution in [1.82, 2.24) is 5.32 Å². The van der Waals surface area contributed by atoms with Crippen LogP contribution in [0.15, 0.2) is 29.6 Å². The first-order valence-electron chi connectivity index (χ1n) is 11.1. The van der Waals surface area contributed by atoms with Crippen LogP contribution in [0.5, 0.6) is 11.5 Å². The van der Waals surface area contributed by atoms with Crippen LogP contribution in [0, 0.1) is 16.7 Å². The van der Waals surface area contributed by atoms with Crippen LogP contribution < -0.4 is 14.8 Å². The fourth-order valence-corrected chi connectivity index (χ4v) is 8.39. The molecule has 4 fully saturated rings. The molecule has 1 aromatic heterocycles. The van der Waals surface area contributed by atoms with Gasteiger partial charge in [-0.25, -0.2) is 0 Å². The van der Waals surface area contributed by atoms with Gasteiger partial charge in [-0.15, -0.1) is 11.3 Å². The van der Waals surface area contributed by atoms with Crippen LogP contribution in [0.1, 0.15) is 62.8 Å².